The molecule has 0 heterocycles. The molecule has 0 aliphatic heterocycles. The number of hydrogen-bond acceptors (Lipinski definition) is 2. The van der Waals surface area contributed by atoms with E-state index in [4.69, 9.17) is 11.6 Å². The minimum Gasteiger partial charge on any atom is -0.208 e. The van der Waals surface area contributed by atoms with E-state index in [1.807, 2.05) is 25.1 Å². The fourth-order valence-electron chi connectivity index (χ4n) is 2.01. The topological polar surface area (TPSA) is 46.2 Å². The third-order valence-electron chi connectivity index (χ3n) is 2.91. The van der Waals surface area contributed by atoms with E-state index in [-0.39, 0.29) is 10.9 Å². The Labute approximate surface area is 138 Å². The first kappa shape index (κ1) is 16.5. The van der Waals surface area contributed by atoms with Crippen molar-refractivity contribution in [2.24, 2.45) is 0 Å². The molecule has 1 N–H and O–H groups in total. The molecule has 2 rings (SSSR count). The Morgan fingerprint density at radius 1 is 1.19 bits per heavy atom. The highest BCUT2D eigenvalue weighted by molar-refractivity contribution is 9.10. The molecule has 0 aromatic heterocycles. The van der Waals surface area contributed by atoms with E-state index in [2.05, 4.69) is 20.7 Å². The van der Waals surface area contributed by atoms with E-state index < -0.39 is 10.0 Å². The molecule has 0 radical (unpaired) electrons. The maximum atomic E-state index is 12.3. The van der Waals surface area contributed by atoms with Crippen molar-refractivity contribution in [2.45, 2.75) is 24.3 Å². The molecule has 1 unspecified atom stereocenters. The number of rotatable bonds is 5. The summed E-state index contributed by atoms with van der Waals surface area (Å²) in [6.07, 6.45) is 0.580. The van der Waals surface area contributed by atoms with E-state index in [1.165, 1.54) is 0 Å². The fraction of sp³-hybridized carbons (Fsp3) is 0.200. The van der Waals surface area contributed by atoms with Gasteiger partial charge in [-0.1, -0.05) is 39.7 Å². The lowest BCUT2D eigenvalue weighted by Gasteiger charge is -2.14. The molecule has 0 aliphatic carbocycles. The summed E-state index contributed by atoms with van der Waals surface area (Å²) in [5, 5.41) is 0.649. The molecule has 112 valence electrons. The first-order valence-electron chi connectivity index (χ1n) is 6.39. The van der Waals surface area contributed by atoms with Crippen LogP contribution in [0.4, 0.5) is 0 Å². The molecule has 0 amide bonds. The SMILES string of the molecule is CC(Cc1cccc(Cl)c1)NS(=O)(=O)c1ccc(Br)cc1. The lowest BCUT2D eigenvalue weighted by atomic mass is 10.1. The summed E-state index contributed by atoms with van der Waals surface area (Å²) in [5.41, 5.74) is 0.994. The van der Waals surface area contributed by atoms with E-state index in [0.717, 1.165) is 10.0 Å². The van der Waals surface area contributed by atoms with Gasteiger partial charge in [0.25, 0.3) is 0 Å². The number of sulfonamides is 1. The first-order chi connectivity index (χ1) is 9.87. The summed E-state index contributed by atoms with van der Waals surface area (Å²) in [5.74, 6) is 0. The van der Waals surface area contributed by atoms with E-state index >= 15 is 0 Å². The second kappa shape index (κ2) is 6.92. The van der Waals surface area contributed by atoms with Gasteiger partial charge in [0.15, 0.2) is 0 Å². The first-order valence-corrected chi connectivity index (χ1v) is 9.04. The minimum absolute atomic E-state index is 0.225. The van der Waals surface area contributed by atoms with Gasteiger partial charge < -0.3 is 0 Å². The van der Waals surface area contributed by atoms with Crippen molar-refractivity contribution in [3.63, 3.8) is 0 Å². The largest absolute Gasteiger partial charge is 0.240 e. The van der Waals surface area contributed by atoms with Crippen LogP contribution < -0.4 is 4.72 Å². The van der Waals surface area contributed by atoms with Crippen LogP contribution in [0.2, 0.25) is 5.02 Å². The zero-order valence-electron chi connectivity index (χ0n) is 11.4. The molecule has 6 heteroatoms. The molecule has 0 fully saturated rings. The van der Waals surface area contributed by atoms with Crippen LogP contribution in [-0.2, 0) is 16.4 Å². The lowest BCUT2D eigenvalue weighted by Crippen LogP contribution is -2.34. The Balaban J connectivity index is 2.07. The summed E-state index contributed by atoms with van der Waals surface area (Å²) in [6, 6.07) is 13.7. The van der Waals surface area contributed by atoms with Gasteiger partial charge >= 0.3 is 0 Å². The Morgan fingerprint density at radius 3 is 2.48 bits per heavy atom. The molecule has 0 saturated carbocycles. The second-order valence-electron chi connectivity index (χ2n) is 4.81. The van der Waals surface area contributed by atoms with Crippen molar-refractivity contribution in [3.8, 4) is 0 Å². The third kappa shape index (κ3) is 4.81. The zero-order chi connectivity index (χ0) is 15.5. The average Bonchev–Trinajstić information content (AvgIpc) is 2.38. The Kier molecular flexibility index (Phi) is 5.43. The normalized spacial score (nSPS) is 13.1. The highest BCUT2D eigenvalue weighted by Gasteiger charge is 2.17. The summed E-state index contributed by atoms with van der Waals surface area (Å²) in [6.45, 7) is 1.83. The fourth-order valence-corrected chi connectivity index (χ4v) is 3.73. The predicted octanol–water partition coefficient (Wildman–Crippen LogP) is 4.01. The van der Waals surface area contributed by atoms with Gasteiger partial charge in [-0.2, -0.15) is 0 Å². The van der Waals surface area contributed by atoms with E-state index in [1.54, 1.807) is 30.3 Å². The summed E-state index contributed by atoms with van der Waals surface area (Å²) in [7, 11) is -3.51. The second-order valence-corrected chi connectivity index (χ2v) is 7.88. The highest BCUT2D eigenvalue weighted by Crippen LogP contribution is 2.16. The van der Waals surface area contributed by atoms with Gasteiger partial charge in [0.05, 0.1) is 4.90 Å². The molecule has 0 saturated heterocycles. The molecule has 21 heavy (non-hydrogen) atoms. The molecule has 2 aromatic carbocycles. The standard InChI is InChI=1S/C15H15BrClNO2S/c1-11(9-12-3-2-4-14(17)10-12)18-21(19,20)15-7-5-13(16)6-8-15/h2-8,10-11,18H,9H2,1H3. The van der Waals surface area contributed by atoms with Gasteiger partial charge in [0.1, 0.15) is 0 Å². The maximum absolute atomic E-state index is 12.3. The average molecular weight is 389 g/mol. The zero-order valence-corrected chi connectivity index (χ0v) is 14.5. The monoisotopic (exact) mass is 387 g/mol. The molecule has 0 bridgehead atoms. The number of hydrogen-bond donors (Lipinski definition) is 1. The highest BCUT2D eigenvalue weighted by atomic mass is 79.9. The van der Waals surface area contributed by atoms with Crippen LogP contribution in [0.25, 0.3) is 0 Å². The van der Waals surface area contributed by atoms with Gasteiger partial charge in [-0.15, -0.1) is 0 Å². The van der Waals surface area contributed by atoms with Crippen molar-refractivity contribution in [1.82, 2.24) is 4.72 Å². The van der Waals surface area contributed by atoms with Crippen molar-refractivity contribution >= 4 is 37.6 Å². The van der Waals surface area contributed by atoms with Crippen LogP contribution >= 0.6 is 27.5 Å². The van der Waals surface area contributed by atoms with Crippen LogP contribution in [0.1, 0.15) is 12.5 Å². The predicted molar refractivity (Wildman–Crippen MR) is 89.1 cm³/mol. The van der Waals surface area contributed by atoms with Gasteiger partial charge in [-0.25, -0.2) is 13.1 Å². The molecular weight excluding hydrogens is 374 g/mol. The van der Waals surface area contributed by atoms with Crippen molar-refractivity contribution in [3.05, 3.63) is 63.6 Å². The molecule has 3 nitrogen and oxygen atoms in total. The van der Waals surface area contributed by atoms with Gasteiger partial charge in [-0.05, 0) is 55.3 Å². The van der Waals surface area contributed by atoms with Crippen LogP contribution in [0.5, 0.6) is 0 Å². The summed E-state index contributed by atoms with van der Waals surface area (Å²) >= 11 is 9.22. The summed E-state index contributed by atoms with van der Waals surface area (Å²) < 4.78 is 28.0. The lowest BCUT2D eigenvalue weighted by molar-refractivity contribution is 0.560. The number of halogens is 2. The third-order valence-corrected chi connectivity index (χ3v) is 5.28. The van der Waals surface area contributed by atoms with Crippen molar-refractivity contribution < 1.29 is 8.42 Å². The Bertz CT molecular complexity index is 717. The molecule has 0 spiro atoms. The molecule has 2 aromatic rings. The maximum Gasteiger partial charge on any atom is 0.240 e. The summed E-state index contributed by atoms with van der Waals surface area (Å²) in [4.78, 5) is 0.253. The van der Waals surface area contributed by atoms with E-state index in [9.17, 15) is 8.42 Å². The van der Waals surface area contributed by atoms with E-state index in [0.29, 0.717) is 11.4 Å². The number of benzene rings is 2. The van der Waals surface area contributed by atoms with Crippen LogP contribution in [0.3, 0.4) is 0 Å². The smallest absolute Gasteiger partial charge is 0.208 e. The van der Waals surface area contributed by atoms with Crippen molar-refractivity contribution in [1.29, 1.82) is 0 Å². The van der Waals surface area contributed by atoms with Crippen molar-refractivity contribution in [2.75, 3.05) is 0 Å². The molecular formula is C15H15BrClNO2S. The van der Waals surface area contributed by atoms with Crippen LogP contribution in [0.15, 0.2) is 57.9 Å². The number of nitrogens with one attached hydrogen (secondary N) is 1. The molecule has 0 aliphatic rings. The quantitative estimate of drug-likeness (QED) is 0.841. The Hall–Kier alpha value is -0.880. The Morgan fingerprint density at radius 2 is 1.86 bits per heavy atom. The van der Waals surface area contributed by atoms with Gasteiger partial charge in [0, 0.05) is 15.5 Å². The van der Waals surface area contributed by atoms with Crippen LogP contribution in [0, 0.1) is 0 Å². The van der Waals surface area contributed by atoms with Crippen LogP contribution in [-0.4, -0.2) is 14.5 Å². The van der Waals surface area contributed by atoms with Gasteiger partial charge in [0.2, 0.25) is 10.0 Å². The van der Waals surface area contributed by atoms with Gasteiger partial charge in [-0.3, -0.25) is 0 Å². The molecule has 1 atom stereocenters. The minimum atomic E-state index is -3.51.